The average Bonchev–Trinajstić information content (AvgIpc) is 2.97. The van der Waals surface area contributed by atoms with Gasteiger partial charge >= 0.3 is 0 Å². The zero-order chi connectivity index (χ0) is 19.3. The van der Waals surface area contributed by atoms with Crippen LogP contribution >= 0.6 is 11.3 Å². The minimum Gasteiger partial charge on any atom is -0.148 e. The Morgan fingerprint density at radius 2 is 1.58 bits per heavy atom. The maximum Gasteiger partial charge on any atom is 0.0142 e. The molecule has 0 bridgehead atoms. The van der Waals surface area contributed by atoms with Gasteiger partial charge in [0.15, 0.2) is 0 Å². The molecule has 1 aliphatic rings. The number of thiophene rings is 1. The van der Waals surface area contributed by atoms with Crippen LogP contribution in [0.3, 0.4) is 0 Å². The number of allylic oxidation sites excluding steroid dienone is 1. The molecule has 26 heavy (non-hydrogen) atoms. The SMILES string of the molecule is C=C(Cc1csc2c1C(C)(C)CCC2(C)C)c1ccc(C(C)(C)C)cc1. The lowest BCUT2D eigenvalue weighted by molar-refractivity contribution is 0.337. The van der Waals surface area contributed by atoms with Crippen LogP contribution in [0.25, 0.3) is 5.57 Å². The van der Waals surface area contributed by atoms with Gasteiger partial charge in [0.25, 0.3) is 0 Å². The predicted molar refractivity (Wildman–Crippen MR) is 117 cm³/mol. The molecule has 140 valence electrons. The van der Waals surface area contributed by atoms with Gasteiger partial charge in [-0.25, -0.2) is 0 Å². The second kappa shape index (κ2) is 6.37. The highest BCUT2D eigenvalue weighted by molar-refractivity contribution is 7.10. The first-order valence-corrected chi connectivity index (χ1v) is 10.7. The van der Waals surface area contributed by atoms with Gasteiger partial charge in [0.2, 0.25) is 0 Å². The summed E-state index contributed by atoms with van der Waals surface area (Å²) in [6, 6.07) is 9.01. The van der Waals surface area contributed by atoms with Crippen molar-refractivity contribution >= 4 is 16.9 Å². The van der Waals surface area contributed by atoms with E-state index in [0.29, 0.717) is 5.41 Å². The Morgan fingerprint density at radius 1 is 1.00 bits per heavy atom. The van der Waals surface area contributed by atoms with E-state index >= 15 is 0 Å². The number of rotatable bonds is 3. The van der Waals surface area contributed by atoms with Crippen molar-refractivity contribution in [1.29, 1.82) is 0 Å². The maximum atomic E-state index is 4.43. The number of fused-ring (bicyclic) bond motifs is 1. The summed E-state index contributed by atoms with van der Waals surface area (Å²) in [7, 11) is 0. The fourth-order valence-corrected chi connectivity index (χ4v) is 5.57. The first-order valence-electron chi connectivity index (χ1n) is 9.82. The van der Waals surface area contributed by atoms with Crippen LogP contribution in [0.1, 0.15) is 88.4 Å². The minimum atomic E-state index is 0.196. The molecular formula is C25H34S. The molecule has 0 spiro atoms. The molecule has 0 fully saturated rings. The van der Waals surface area contributed by atoms with Crippen molar-refractivity contribution in [3.63, 3.8) is 0 Å². The summed E-state index contributed by atoms with van der Waals surface area (Å²) in [5.74, 6) is 0. The first-order chi connectivity index (χ1) is 11.9. The zero-order valence-electron chi connectivity index (χ0n) is 17.6. The summed E-state index contributed by atoms with van der Waals surface area (Å²) in [6.45, 7) is 20.9. The molecule has 0 saturated heterocycles. The quantitative estimate of drug-likeness (QED) is 0.523. The van der Waals surface area contributed by atoms with Gasteiger partial charge in [0.05, 0.1) is 0 Å². The molecule has 1 heteroatoms. The molecule has 0 atom stereocenters. The highest BCUT2D eigenvalue weighted by Gasteiger charge is 2.39. The van der Waals surface area contributed by atoms with Crippen LogP contribution in [0.15, 0.2) is 36.2 Å². The van der Waals surface area contributed by atoms with E-state index in [9.17, 15) is 0 Å². The van der Waals surface area contributed by atoms with Crippen LogP contribution in [0.2, 0.25) is 0 Å². The van der Waals surface area contributed by atoms with Gasteiger partial charge in [0, 0.05) is 4.88 Å². The molecule has 0 nitrogen and oxygen atoms in total. The van der Waals surface area contributed by atoms with E-state index in [1.807, 2.05) is 11.3 Å². The van der Waals surface area contributed by atoms with E-state index in [-0.39, 0.29) is 10.8 Å². The van der Waals surface area contributed by atoms with E-state index < -0.39 is 0 Å². The van der Waals surface area contributed by atoms with Crippen molar-refractivity contribution in [2.75, 3.05) is 0 Å². The first kappa shape index (κ1) is 19.4. The third-order valence-electron chi connectivity index (χ3n) is 6.10. The van der Waals surface area contributed by atoms with Gasteiger partial charge in [-0.3, -0.25) is 0 Å². The van der Waals surface area contributed by atoms with Crippen molar-refractivity contribution < 1.29 is 0 Å². The second-order valence-corrected chi connectivity index (χ2v) is 11.2. The number of hydrogen-bond acceptors (Lipinski definition) is 1. The fourth-order valence-electron chi connectivity index (χ4n) is 4.17. The molecule has 1 aliphatic carbocycles. The third-order valence-corrected chi connectivity index (χ3v) is 7.49. The largest absolute Gasteiger partial charge is 0.148 e. The van der Waals surface area contributed by atoms with E-state index in [0.717, 1.165) is 6.42 Å². The highest BCUT2D eigenvalue weighted by atomic mass is 32.1. The molecule has 1 aromatic carbocycles. The van der Waals surface area contributed by atoms with E-state index in [1.165, 1.54) is 35.1 Å². The number of benzene rings is 1. The van der Waals surface area contributed by atoms with Crippen molar-refractivity contribution in [3.8, 4) is 0 Å². The van der Waals surface area contributed by atoms with Crippen LogP contribution in [0.5, 0.6) is 0 Å². The Bertz CT molecular complexity index is 807. The molecule has 2 aromatic rings. The molecule has 1 aromatic heterocycles. The van der Waals surface area contributed by atoms with Gasteiger partial charge in [-0.05, 0) is 68.7 Å². The lowest BCUT2D eigenvalue weighted by Gasteiger charge is -2.40. The molecule has 0 amide bonds. The molecule has 0 saturated carbocycles. The van der Waals surface area contributed by atoms with Crippen molar-refractivity contribution in [3.05, 3.63) is 63.4 Å². The van der Waals surface area contributed by atoms with E-state index in [2.05, 4.69) is 84.7 Å². The Kier molecular flexibility index (Phi) is 4.76. The average molecular weight is 367 g/mol. The smallest absolute Gasteiger partial charge is 0.0142 e. The van der Waals surface area contributed by atoms with E-state index in [1.54, 1.807) is 10.4 Å². The Balaban J connectivity index is 1.89. The van der Waals surface area contributed by atoms with Crippen molar-refractivity contribution in [1.82, 2.24) is 0 Å². The van der Waals surface area contributed by atoms with Crippen LogP contribution < -0.4 is 0 Å². The Morgan fingerprint density at radius 3 is 2.15 bits per heavy atom. The number of hydrogen-bond donors (Lipinski definition) is 0. The van der Waals surface area contributed by atoms with Gasteiger partial charge in [-0.15, -0.1) is 11.3 Å². The van der Waals surface area contributed by atoms with Crippen LogP contribution in [0, 0.1) is 0 Å². The van der Waals surface area contributed by atoms with Crippen molar-refractivity contribution in [2.24, 2.45) is 0 Å². The molecular weight excluding hydrogens is 332 g/mol. The third kappa shape index (κ3) is 3.56. The fraction of sp³-hybridized carbons (Fsp3) is 0.520. The highest BCUT2D eigenvalue weighted by Crippen LogP contribution is 2.50. The van der Waals surface area contributed by atoms with Crippen LogP contribution in [-0.4, -0.2) is 0 Å². The minimum absolute atomic E-state index is 0.196. The zero-order valence-corrected chi connectivity index (χ0v) is 18.4. The lowest BCUT2D eigenvalue weighted by atomic mass is 9.65. The standard InChI is InChI=1S/C25H34S/c1-17(18-9-11-20(12-10-18)23(2,3)4)15-19-16-26-22-21(19)24(5,6)13-14-25(22,7)8/h9-12,16H,1,13-15H2,2-8H3. The molecule has 1 heterocycles. The summed E-state index contributed by atoms with van der Waals surface area (Å²) in [5.41, 5.74) is 7.75. The second-order valence-electron chi connectivity index (χ2n) is 10.3. The summed E-state index contributed by atoms with van der Waals surface area (Å²) in [5, 5.41) is 2.40. The Labute approximate surface area is 164 Å². The summed E-state index contributed by atoms with van der Waals surface area (Å²) in [4.78, 5) is 1.60. The van der Waals surface area contributed by atoms with Gasteiger partial charge in [-0.2, -0.15) is 0 Å². The van der Waals surface area contributed by atoms with Crippen LogP contribution in [0.4, 0.5) is 0 Å². The molecule has 0 unspecified atom stereocenters. The van der Waals surface area contributed by atoms with E-state index in [4.69, 9.17) is 0 Å². The topological polar surface area (TPSA) is 0 Å². The maximum absolute atomic E-state index is 4.43. The predicted octanol–water partition coefficient (Wildman–Crippen LogP) is 7.65. The summed E-state index contributed by atoms with van der Waals surface area (Å²) >= 11 is 1.96. The summed E-state index contributed by atoms with van der Waals surface area (Å²) < 4.78 is 0. The van der Waals surface area contributed by atoms with Crippen LogP contribution in [-0.2, 0) is 22.7 Å². The molecule has 0 N–H and O–H groups in total. The molecule has 0 aliphatic heterocycles. The normalized spacial score (nSPS) is 18.4. The molecule has 3 rings (SSSR count). The summed E-state index contributed by atoms with van der Waals surface area (Å²) in [6.07, 6.45) is 3.51. The lowest BCUT2D eigenvalue weighted by Crippen LogP contribution is -2.33. The Hall–Kier alpha value is -1.34. The van der Waals surface area contributed by atoms with Gasteiger partial charge in [0.1, 0.15) is 0 Å². The van der Waals surface area contributed by atoms with Gasteiger partial charge < -0.3 is 0 Å². The molecule has 0 radical (unpaired) electrons. The monoisotopic (exact) mass is 366 g/mol. The van der Waals surface area contributed by atoms with Crippen molar-refractivity contribution in [2.45, 2.75) is 84.0 Å². The van der Waals surface area contributed by atoms with Gasteiger partial charge in [-0.1, -0.05) is 79.3 Å².